The molecule has 2 rings (SSSR count). The number of nitro benzene ring substituents is 1. The predicted molar refractivity (Wildman–Crippen MR) is 78.0 cm³/mol. The molecule has 5 heteroatoms. The lowest BCUT2D eigenvalue weighted by Gasteiger charge is -2.19. The molecule has 1 fully saturated rings. The molecule has 0 heterocycles. The van der Waals surface area contributed by atoms with Gasteiger partial charge in [-0.05, 0) is 43.9 Å². The van der Waals surface area contributed by atoms with Gasteiger partial charge in [-0.1, -0.05) is 6.92 Å². The van der Waals surface area contributed by atoms with Crippen LogP contribution in [0.1, 0.15) is 26.2 Å². The van der Waals surface area contributed by atoms with E-state index in [-0.39, 0.29) is 5.69 Å². The number of ether oxygens (including phenoxy) is 1. The first kappa shape index (κ1) is 14.8. The van der Waals surface area contributed by atoms with E-state index in [1.165, 1.54) is 31.5 Å². The van der Waals surface area contributed by atoms with E-state index in [0.29, 0.717) is 12.4 Å². The molecule has 110 valence electrons. The van der Waals surface area contributed by atoms with Crippen LogP contribution in [-0.4, -0.2) is 36.1 Å². The van der Waals surface area contributed by atoms with Gasteiger partial charge in [-0.2, -0.15) is 0 Å². The highest BCUT2D eigenvalue weighted by Gasteiger charge is 2.23. The van der Waals surface area contributed by atoms with Crippen molar-refractivity contribution in [3.63, 3.8) is 0 Å². The summed E-state index contributed by atoms with van der Waals surface area (Å²) in [6.07, 6.45) is 3.75. The SMILES string of the molecule is CCN(CCCOc1ccc([N+](=O)[O-])cc1)CC1CC1. The van der Waals surface area contributed by atoms with Crippen LogP contribution in [0, 0.1) is 16.0 Å². The molecule has 0 bridgehead atoms. The Morgan fingerprint density at radius 2 is 2.05 bits per heavy atom. The zero-order valence-electron chi connectivity index (χ0n) is 12.0. The molecule has 5 nitrogen and oxygen atoms in total. The monoisotopic (exact) mass is 278 g/mol. The standard InChI is InChI=1S/C15H22N2O3/c1-2-16(12-13-4-5-13)10-3-11-20-15-8-6-14(7-9-15)17(18)19/h6-9,13H,2-5,10-12H2,1H3. The minimum atomic E-state index is -0.402. The number of rotatable bonds is 9. The lowest BCUT2D eigenvalue weighted by atomic mass is 10.3. The number of hydrogen-bond acceptors (Lipinski definition) is 4. The predicted octanol–water partition coefficient (Wildman–Crippen LogP) is 3.10. The number of non-ortho nitro benzene ring substituents is 1. The van der Waals surface area contributed by atoms with Crippen molar-refractivity contribution < 1.29 is 9.66 Å². The topological polar surface area (TPSA) is 55.6 Å². The molecular formula is C15H22N2O3. The Balaban J connectivity index is 1.65. The Hall–Kier alpha value is -1.62. The van der Waals surface area contributed by atoms with E-state index in [2.05, 4.69) is 11.8 Å². The maximum atomic E-state index is 10.5. The number of nitrogens with zero attached hydrogens (tertiary/aromatic N) is 2. The van der Waals surface area contributed by atoms with E-state index in [9.17, 15) is 10.1 Å². The van der Waals surface area contributed by atoms with Gasteiger partial charge in [0.25, 0.3) is 5.69 Å². The lowest BCUT2D eigenvalue weighted by molar-refractivity contribution is -0.384. The molecule has 0 N–H and O–H groups in total. The van der Waals surface area contributed by atoms with Crippen molar-refractivity contribution in [2.75, 3.05) is 26.2 Å². The van der Waals surface area contributed by atoms with E-state index in [4.69, 9.17) is 4.74 Å². The molecule has 1 aromatic carbocycles. The van der Waals surface area contributed by atoms with Crippen LogP contribution in [0.5, 0.6) is 5.75 Å². The Bertz CT molecular complexity index is 429. The first-order chi connectivity index (χ1) is 9.69. The second-order valence-corrected chi connectivity index (χ2v) is 5.29. The maximum Gasteiger partial charge on any atom is 0.269 e. The molecule has 1 aliphatic carbocycles. The summed E-state index contributed by atoms with van der Waals surface area (Å²) in [7, 11) is 0. The molecule has 0 saturated heterocycles. The summed E-state index contributed by atoms with van der Waals surface area (Å²) in [5.41, 5.74) is 0.0962. The molecule has 0 atom stereocenters. The zero-order chi connectivity index (χ0) is 14.4. The number of hydrogen-bond donors (Lipinski definition) is 0. The second-order valence-electron chi connectivity index (χ2n) is 5.29. The van der Waals surface area contributed by atoms with Crippen LogP contribution in [0.4, 0.5) is 5.69 Å². The van der Waals surface area contributed by atoms with E-state index >= 15 is 0 Å². The third-order valence-electron chi connectivity index (χ3n) is 3.60. The summed E-state index contributed by atoms with van der Waals surface area (Å²) in [5, 5.41) is 10.5. The van der Waals surface area contributed by atoms with Gasteiger partial charge in [0.15, 0.2) is 0 Å². The average Bonchev–Trinajstić information content (AvgIpc) is 3.26. The van der Waals surface area contributed by atoms with Gasteiger partial charge in [0.1, 0.15) is 5.75 Å². The Morgan fingerprint density at radius 1 is 1.35 bits per heavy atom. The smallest absolute Gasteiger partial charge is 0.269 e. The molecule has 0 radical (unpaired) electrons. The number of benzene rings is 1. The van der Waals surface area contributed by atoms with Gasteiger partial charge in [0, 0.05) is 25.2 Å². The van der Waals surface area contributed by atoms with Crippen molar-refractivity contribution in [1.82, 2.24) is 4.90 Å². The molecule has 0 aromatic heterocycles. The highest BCUT2D eigenvalue weighted by Crippen LogP contribution is 2.29. The average molecular weight is 278 g/mol. The molecule has 20 heavy (non-hydrogen) atoms. The summed E-state index contributed by atoms with van der Waals surface area (Å²) in [4.78, 5) is 12.6. The quantitative estimate of drug-likeness (QED) is 0.396. The van der Waals surface area contributed by atoms with Crippen molar-refractivity contribution >= 4 is 5.69 Å². The highest BCUT2D eigenvalue weighted by molar-refractivity contribution is 5.35. The molecule has 0 aliphatic heterocycles. The minimum absolute atomic E-state index is 0.0962. The molecule has 0 spiro atoms. The van der Waals surface area contributed by atoms with Crippen LogP contribution in [0.2, 0.25) is 0 Å². The molecular weight excluding hydrogens is 256 g/mol. The van der Waals surface area contributed by atoms with Crippen molar-refractivity contribution in [3.8, 4) is 5.75 Å². The van der Waals surface area contributed by atoms with Crippen LogP contribution >= 0.6 is 0 Å². The fourth-order valence-corrected chi connectivity index (χ4v) is 2.19. The van der Waals surface area contributed by atoms with Gasteiger partial charge in [0.05, 0.1) is 11.5 Å². The van der Waals surface area contributed by atoms with E-state index in [1.54, 1.807) is 12.1 Å². The van der Waals surface area contributed by atoms with Gasteiger partial charge >= 0.3 is 0 Å². The van der Waals surface area contributed by atoms with E-state index < -0.39 is 4.92 Å². The largest absolute Gasteiger partial charge is 0.494 e. The fraction of sp³-hybridized carbons (Fsp3) is 0.600. The van der Waals surface area contributed by atoms with E-state index in [0.717, 1.165) is 25.4 Å². The second kappa shape index (κ2) is 7.24. The summed E-state index contributed by atoms with van der Waals surface area (Å²) in [6.45, 7) is 6.21. The molecule has 0 amide bonds. The highest BCUT2D eigenvalue weighted by atomic mass is 16.6. The van der Waals surface area contributed by atoms with Crippen LogP contribution in [0.15, 0.2) is 24.3 Å². The van der Waals surface area contributed by atoms with Gasteiger partial charge < -0.3 is 9.64 Å². The fourth-order valence-electron chi connectivity index (χ4n) is 2.19. The molecule has 1 aliphatic rings. The van der Waals surface area contributed by atoms with Crippen molar-refractivity contribution in [1.29, 1.82) is 0 Å². The van der Waals surface area contributed by atoms with Gasteiger partial charge in [-0.15, -0.1) is 0 Å². The van der Waals surface area contributed by atoms with Crippen molar-refractivity contribution in [2.24, 2.45) is 5.92 Å². The summed E-state index contributed by atoms with van der Waals surface area (Å²) < 4.78 is 5.61. The van der Waals surface area contributed by atoms with Gasteiger partial charge in [0.2, 0.25) is 0 Å². The normalized spacial score (nSPS) is 14.5. The number of nitro groups is 1. The first-order valence-corrected chi connectivity index (χ1v) is 7.28. The third kappa shape index (κ3) is 4.81. The van der Waals surface area contributed by atoms with Crippen LogP contribution in [0.3, 0.4) is 0 Å². The zero-order valence-corrected chi connectivity index (χ0v) is 12.0. The Labute approximate surface area is 119 Å². The van der Waals surface area contributed by atoms with Gasteiger partial charge in [-0.25, -0.2) is 0 Å². The van der Waals surface area contributed by atoms with Crippen LogP contribution in [0.25, 0.3) is 0 Å². The summed E-state index contributed by atoms with van der Waals surface area (Å²) >= 11 is 0. The van der Waals surface area contributed by atoms with Crippen molar-refractivity contribution in [2.45, 2.75) is 26.2 Å². The minimum Gasteiger partial charge on any atom is -0.494 e. The lowest BCUT2D eigenvalue weighted by Crippen LogP contribution is -2.27. The summed E-state index contributed by atoms with van der Waals surface area (Å²) in [5.74, 6) is 1.62. The maximum absolute atomic E-state index is 10.5. The third-order valence-corrected chi connectivity index (χ3v) is 3.60. The van der Waals surface area contributed by atoms with Crippen LogP contribution in [-0.2, 0) is 0 Å². The Kier molecular flexibility index (Phi) is 5.35. The molecule has 1 saturated carbocycles. The summed E-state index contributed by atoms with van der Waals surface area (Å²) in [6, 6.07) is 6.25. The molecule has 0 unspecified atom stereocenters. The van der Waals surface area contributed by atoms with Gasteiger partial charge in [-0.3, -0.25) is 10.1 Å². The van der Waals surface area contributed by atoms with E-state index in [1.807, 2.05) is 0 Å². The van der Waals surface area contributed by atoms with Crippen molar-refractivity contribution in [3.05, 3.63) is 34.4 Å². The molecule has 1 aromatic rings. The first-order valence-electron chi connectivity index (χ1n) is 7.28. The van der Waals surface area contributed by atoms with Crippen LogP contribution < -0.4 is 4.74 Å². The Morgan fingerprint density at radius 3 is 2.60 bits per heavy atom.